The van der Waals surface area contributed by atoms with Gasteiger partial charge in [-0.15, -0.1) is 0 Å². The zero-order valence-corrected chi connectivity index (χ0v) is 30.7. The Bertz CT molecular complexity index is 1310. The van der Waals surface area contributed by atoms with Gasteiger partial charge in [0.05, 0.1) is 4.92 Å². The molecule has 0 bridgehead atoms. The Labute approximate surface area is 297 Å². The predicted octanol–water partition coefficient (Wildman–Crippen LogP) is 14.2. The van der Waals surface area contributed by atoms with Crippen molar-refractivity contribution in [2.75, 3.05) is 18.0 Å². The molecule has 0 aromatic heterocycles. The lowest BCUT2D eigenvalue weighted by Gasteiger charge is -2.25. The van der Waals surface area contributed by atoms with Crippen molar-refractivity contribution in [3.05, 3.63) is 93.8 Å². The summed E-state index contributed by atoms with van der Waals surface area (Å²) in [6.45, 7) is 6.83. The third-order valence-corrected chi connectivity index (χ3v) is 9.68. The minimum Gasteiger partial charge on any atom is -0.372 e. The quantitative estimate of drug-likeness (QED) is 0.0351. The maximum absolute atomic E-state index is 14.0. The first-order chi connectivity index (χ1) is 24.0. The van der Waals surface area contributed by atoms with Crippen molar-refractivity contribution in [1.29, 1.82) is 0 Å². The fourth-order valence-electron chi connectivity index (χ4n) is 6.57. The highest BCUT2D eigenvalue weighted by Crippen LogP contribution is 2.26. The van der Waals surface area contributed by atoms with Gasteiger partial charge >= 0.3 is 5.69 Å². The molecule has 49 heavy (non-hydrogen) atoms. The molecule has 0 saturated heterocycles. The molecule has 0 aliphatic rings. The highest BCUT2D eigenvalue weighted by Gasteiger charge is 2.13. The molecule has 0 spiro atoms. The predicted molar refractivity (Wildman–Crippen MR) is 210 cm³/mol. The second kappa shape index (κ2) is 24.6. The lowest BCUT2D eigenvalue weighted by molar-refractivity contribution is -0.387. The molecule has 3 aromatic rings. The van der Waals surface area contributed by atoms with Crippen LogP contribution >= 0.6 is 0 Å². The number of nitrogens with zero attached hydrogens (tertiary/aromatic N) is 2. The highest BCUT2D eigenvalue weighted by atomic mass is 19.1. The van der Waals surface area contributed by atoms with E-state index >= 15 is 0 Å². The molecule has 0 unspecified atom stereocenters. The number of hydrogen-bond acceptors (Lipinski definition) is 3. The Morgan fingerprint density at radius 3 is 1.37 bits per heavy atom. The Kier molecular flexibility index (Phi) is 20.1. The Morgan fingerprint density at radius 2 is 0.939 bits per heavy atom. The largest absolute Gasteiger partial charge is 0.372 e. The molecule has 268 valence electrons. The summed E-state index contributed by atoms with van der Waals surface area (Å²) in [7, 11) is 0. The van der Waals surface area contributed by atoms with Gasteiger partial charge in [0.1, 0.15) is 0 Å². The third kappa shape index (κ3) is 16.2. The fraction of sp³-hybridized carbons (Fsp3) is 0.545. The SMILES string of the molecule is CCCCCCCCCCCCN(CCCCCCCCCCCC)c1ccc(-c2ccc(/C=C/c3ccc([N+](=O)[O-])c(F)c3)cc2)cc1. The lowest BCUT2D eigenvalue weighted by atomic mass is 10.0. The minimum absolute atomic E-state index is 0.506. The molecule has 0 N–H and O–H groups in total. The minimum atomic E-state index is -0.823. The van der Waals surface area contributed by atoms with Gasteiger partial charge in [-0.3, -0.25) is 10.1 Å². The Hall–Kier alpha value is -3.47. The molecule has 0 atom stereocenters. The van der Waals surface area contributed by atoms with Crippen molar-refractivity contribution in [3.63, 3.8) is 0 Å². The number of hydrogen-bond donors (Lipinski definition) is 0. The van der Waals surface area contributed by atoms with Crippen molar-refractivity contribution >= 4 is 23.5 Å². The second-order valence-corrected chi connectivity index (χ2v) is 13.8. The number of halogens is 1. The molecular formula is C44H63FN2O2. The van der Waals surface area contributed by atoms with E-state index in [0.717, 1.165) is 24.2 Å². The van der Waals surface area contributed by atoms with E-state index in [9.17, 15) is 14.5 Å². The molecule has 0 fully saturated rings. The van der Waals surface area contributed by atoms with Gasteiger partial charge < -0.3 is 4.90 Å². The van der Waals surface area contributed by atoms with Gasteiger partial charge in [0.2, 0.25) is 5.82 Å². The van der Waals surface area contributed by atoms with Crippen LogP contribution in [0.1, 0.15) is 153 Å². The topological polar surface area (TPSA) is 46.4 Å². The molecule has 3 rings (SSSR count). The molecule has 0 aliphatic carbocycles. The maximum Gasteiger partial charge on any atom is 0.304 e. The zero-order chi connectivity index (χ0) is 34.9. The van der Waals surface area contributed by atoms with E-state index in [0.29, 0.717) is 5.56 Å². The normalized spacial score (nSPS) is 11.4. The van der Waals surface area contributed by atoms with Gasteiger partial charge in [-0.05, 0) is 59.4 Å². The van der Waals surface area contributed by atoms with Crippen LogP contribution in [0, 0.1) is 15.9 Å². The smallest absolute Gasteiger partial charge is 0.304 e. The average molecular weight is 671 g/mol. The van der Waals surface area contributed by atoms with Gasteiger partial charge in [0.15, 0.2) is 0 Å². The maximum atomic E-state index is 14.0. The van der Waals surface area contributed by atoms with Crippen molar-refractivity contribution in [2.45, 2.75) is 142 Å². The number of nitro benzene ring substituents is 1. The van der Waals surface area contributed by atoms with Crippen LogP contribution in [0.25, 0.3) is 23.3 Å². The molecule has 0 aliphatic heterocycles. The lowest BCUT2D eigenvalue weighted by Crippen LogP contribution is -2.25. The van der Waals surface area contributed by atoms with Crippen molar-refractivity contribution in [1.82, 2.24) is 0 Å². The molecule has 3 aromatic carbocycles. The summed E-state index contributed by atoms with van der Waals surface area (Å²) in [6, 6.07) is 21.3. The Morgan fingerprint density at radius 1 is 0.551 bits per heavy atom. The van der Waals surface area contributed by atoms with Gasteiger partial charge in [0.25, 0.3) is 0 Å². The van der Waals surface area contributed by atoms with E-state index in [1.165, 1.54) is 152 Å². The zero-order valence-electron chi connectivity index (χ0n) is 30.7. The molecule has 0 amide bonds. The van der Waals surface area contributed by atoms with E-state index in [-0.39, 0.29) is 0 Å². The Balaban J connectivity index is 1.51. The highest BCUT2D eigenvalue weighted by molar-refractivity contribution is 5.73. The van der Waals surface area contributed by atoms with Crippen LogP contribution in [0.4, 0.5) is 15.8 Å². The van der Waals surface area contributed by atoms with E-state index in [2.05, 4.69) is 55.1 Å². The molecule has 0 heterocycles. The first kappa shape index (κ1) is 40.0. The van der Waals surface area contributed by atoms with Crippen LogP contribution in [0.15, 0.2) is 66.7 Å². The fourth-order valence-corrected chi connectivity index (χ4v) is 6.57. The second-order valence-electron chi connectivity index (χ2n) is 13.8. The average Bonchev–Trinajstić information content (AvgIpc) is 3.11. The summed E-state index contributed by atoms with van der Waals surface area (Å²) in [5.74, 6) is -0.823. The van der Waals surface area contributed by atoms with E-state index < -0.39 is 16.4 Å². The number of benzene rings is 3. The van der Waals surface area contributed by atoms with Crippen molar-refractivity contribution in [2.24, 2.45) is 0 Å². The summed E-state index contributed by atoms with van der Waals surface area (Å²) < 4.78 is 14.0. The van der Waals surface area contributed by atoms with Gasteiger partial charge in [-0.2, -0.15) is 4.39 Å². The van der Waals surface area contributed by atoms with Crippen molar-refractivity contribution < 1.29 is 9.31 Å². The first-order valence-electron chi connectivity index (χ1n) is 19.6. The summed E-state index contributed by atoms with van der Waals surface area (Å²) in [6.07, 6.45) is 30.9. The molecular weight excluding hydrogens is 607 g/mol. The third-order valence-electron chi connectivity index (χ3n) is 9.68. The van der Waals surface area contributed by atoms with Crippen LogP contribution in [0.5, 0.6) is 0 Å². The van der Waals surface area contributed by atoms with Crippen LogP contribution in [0.3, 0.4) is 0 Å². The van der Waals surface area contributed by atoms with Crippen molar-refractivity contribution in [3.8, 4) is 11.1 Å². The summed E-state index contributed by atoms with van der Waals surface area (Å²) in [5.41, 5.74) is 4.73. The van der Waals surface area contributed by atoms with Gasteiger partial charge in [-0.1, -0.05) is 178 Å². The summed E-state index contributed by atoms with van der Waals surface area (Å²) in [5, 5.41) is 10.9. The number of unbranched alkanes of at least 4 members (excludes halogenated alkanes) is 18. The van der Waals surface area contributed by atoms with Crippen LogP contribution in [0.2, 0.25) is 0 Å². The standard InChI is InChI=1S/C44H63FN2O2/c1-3-5-7-9-11-13-15-17-19-21-35-46(36-22-20-18-16-14-12-10-8-6-4-2)42-32-30-41(31-33-42)40-28-25-38(26-29-40)23-24-39-27-34-44(47(48)49)43(45)37-39/h23-34,37H,3-22,35-36H2,1-2H3/b24-23+. The number of nitro groups is 1. The molecule has 0 radical (unpaired) electrons. The summed E-state index contributed by atoms with van der Waals surface area (Å²) >= 11 is 0. The first-order valence-corrected chi connectivity index (χ1v) is 19.6. The monoisotopic (exact) mass is 670 g/mol. The van der Waals surface area contributed by atoms with Gasteiger partial charge in [0, 0.05) is 24.8 Å². The molecule has 4 nitrogen and oxygen atoms in total. The molecule has 0 saturated carbocycles. The van der Waals surface area contributed by atoms with E-state index in [4.69, 9.17) is 0 Å². The van der Waals surface area contributed by atoms with Crippen LogP contribution < -0.4 is 4.90 Å². The number of anilines is 1. The van der Waals surface area contributed by atoms with E-state index in [1.807, 2.05) is 18.2 Å². The van der Waals surface area contributed by atoms with Crippen LogP contribution in [-0.2, 0) is 0 Å². The summed E-state index contributed by atoms with van der Waals surface area (Å²) in [4.78, 5) is 12.8. The van der Waals surface area contributed by atoms with E-state index in [1.54, 1.807) is 12.1 Å². The van der Waals surface area contributed by atoms with Gasteiger partial charge in [-0.25, -0.2) is 0 Å². The molecule has 5 heteroatoms. The van der Waals surface area contributed by atoms with Crippen LogP contribution in [-0.4, -0.2) is 18.0 Å². The number of rotatable bonds is 27.